The van der Waals surface area contributed by atoms with Crippen molar-refractivity contribution in [1.82, 2.24) is 5.32 Å². The summed E-state index contributed by atoms with van der Waals surface area (Å²) in [7, 11) is 0. The lowest BCUT2D eigenvalue weighted by atomic mass is 9.49. The van der Waals surface area contributed by atoms with Crippen LogP contribution in [0.4, 0.5) is 0 Å². The van der Waals surface area contributed by atoms with Crippen LogP contribution in [0.15, 0.2) is 0 Å². The van der Waals surface area contributed by atoms with Crippen LogP contribution in [0, 0.1) is 23.2 Å². The molecule has 0 radical (unpaired) electrons. The molecular weight excluding hydrogens is 250 g/mol. The topological polar surface area (TPSA) is 49.3 Å². The highest BCUT2D eigenvalue weighted by atomic mass is 16.3. The van der Waals surface area contributed by atoms with Crippen LogP contribution >= 0.6 is 0 Å². The maximum absolute atomic E-state index is 12.9. The Labute approximate surface area is 121 Å². The molecule has 5 fully saturated rings. The van der Waals surface area contributed by atoms with Gasteiger partial charge >= 0.3 is 0 Å². The number of rotatable bonds is 2. The van der Waals surface area contributed by atoms with Gasteiger partial charge in [0, 0.05) is 5.41 Å². The molecule has 3 nitrogen and oxygen atoms in total. The quantitative estimate of drug-likeness (QED) is 0.815. The SMILES string of the molecule is O=C(NC1CCCCC1O)C12CC3CC(CC(C3)C1)C2. The molecule has 0 heterocycles. The van der Waals surface area contributed by atoms with Crippen LogP contribution in [0.25, 0.3) is 0 Å². The first kappa shape index (κ1) is 13.1. The fraction of sp³-hybridized carbons (Fsp3) is 0.941. The van der Waals surface area contributed by atoms with Crippen molar-refractivity contribution in [3.05, 3.63) is 0 Å². The van der Waals surface area contributed by atoms with E-state index in [0.29, 0.717) is 0 Å². The molecule has 0 aromatic carbocycles. The van der Waals surface area contributed by atoms with E-state index in [1.165, 1.54) is 19.3 Å². The summed E-state index contributed by atoms with van der Waals surface area (Å²) in [5, 5.41) is 13.3. The normalized spacial score (nSPS) is 50.1. The molecule has 0 aliphatic heterocycles. The van der Waals surface area contributed by atoms with Gasteiger partial charge < -0.3 is 10.4 Å². The Balaban J connectivity index is 1.48. The van der Waals surface area contributed by atoms with Crippen LogP contribution in [0.5, 0.6) is 0 Å². The second-order valence-electron chi connectivity index (χ2n) is 8.13. The summed E-state index contributed by atoms with van der Waals surface area (Å²) in [6.45, 7) is 0. The molecule has 112 valence electrons. The molecule has 0 aromatic rings. The molecule has 2 unspecified atom stereocenters. The van der Waals surface area contributed by atoms with Crippen molar-refractivity contribution in [2.24, 2.45) is 23.2 Å². The number of aliphatic hydroxyl groups excluding tert-OH is 1. The first-order valence-electron chi connectivity index (χ1n) is 8.64. The Kier molecular flexibility index (Phi) is 3.10. The molecule has 0 saturated heterocycles. The van der Waals surface area contributed by atoms with Crippen LogP contribution in [0.3, 0.4) is 0 Å². The minimum absolute atomic E-state index is 0.0178. The summed E-state index contributed by atoms with van der Waals surface area (Å²) in [5.74, 6) is 2.71. The Hall–Kier alpha value is -0.570. The van der Waals surface area contributed by atoms with Gasteiger partial charge in [-0.3, -0.25) is 4.79 Å². The minimum atomic E-state index is -0.318. The van der Waals surface area contributed by atoms with Gasteiger partial charge in [0.25, 0.3) is 0 Å². The number of amides is 1. The van der Waals surface area contributed by atoms with E-state index in [1.807, 2.05) is 0 Å². The molecular formula is C17H27NO2. The smallest absolute Gasteiger partial charge is 0.226 e. The largest absolute Gasteiger partial charge is 0.391 e. The highest BCUT2D eigenvalue weighted by Crippen LogP contribution is 2.60. The van der Waals surface area contributed by atoms with Crippen molar-refractivity contribution >= 4 is 5.91 Å². The first-order valence-corrected chi connectivity index (χ1v) is 8.64. The van der Waals surface area contributed by atoms with Crippen LogP contribution < -0.4 is 5.32 Å². The molecule has 3 heteroatoms. The van der Waals surface area contributed by atoms with E-state index in [-0.39, 0.29) is 23.5 Å². The summed E-state index contributed by atoms with van der Waals surface area (Å²) in [6, 6.07) is 0.0178. The van der Waals surface area contributed by atoms with Crippen molar-refractivity contribution in [1.29, 1.82) is 0 Å². The number of hydrogen-bond donors (Lipinski definition) is 2. The standard InChI is InChI=1S/C17H27NO2/c19-15-4-2-1-3-14(15)18-16(20)17-8-11-5-12(9-17)7-13(6-11)10-17/h11-15,19H,1-10H2,(H,18,20). The van der Waals surface area contributed by atoms with Crippen molar-refractivity contribution in [2.45, 2.75) is 76.4 Å². The Morgan fingerprint density at radius 2 is 1.50 bits per heavy atom. The second-order valence-corrected chi connectivity index (χ2v) is 8.13. The zero-order valence-corrected chi connectivity index (χ0v) is 12.3. The van der Waals surface area contributed by atoms with Gasteiger partial charge in [0.15, 0.2) is 0 Å². The predicted molar refractivity (Wildman–Crippen MR) is 77.0 cm³/mol. The van der Waals surface area contributed by atoms with E-state index >= 15 is 0 Å². The first-order chi connectivity index (χ1) is 9.64. The van der Waals surface area contributed by atoms with Crippen LogP contribution in [0.2, 0.25) is 0 Å². The molecule has 2 N–H and O–H groups in total. The summed E-state index contributed by atoms with van der Waals surface area (Å²) in [6.07, 6.45) is 11.2. The van der Waals surface area contributed by atoms with Gasteiger partial charge in [-0.1, -0.05) is 12.8 Å². The molecule has 2 atom stereocenters. The molecule has 0 aromatic heterocycles. The zero-order valence-electron chi connectivity index (χ0n) is 12.3. The van der Waals surface area contributed by atoms with Gasteiger partial charge in [-0.25, -0.2) is 0 Å². The average Bonchev–Trinajstić information content (AvgIpc) is 2.40. The van der Waals surface area contributed by atoms with E-state index in [2.05, 4.69) is 5.32 Å². The van der Waals surface area contributed by atoms with E-state index in [9.17, 15) is 9.90 Å². The van der Waals surface area contributed by atoms with Gasteiger partial charge in [-0.05, 0) is 69.1 Å². The molecule has 5 aliphatic rings. The molecule has 5 rings (SSSR count). The van der Waals surface area contributed by atoms with Gasteiger partial charge in [-0.2, -0.15) is 0 Å². The van der Waals surface area contributed by atoms with Gasteiger partial charge in [0.2, 0.25) is 5.91 Å². The maximum atomic E-state index is 12.9. The van der Waals surface area contributed by atoms with E-state index in [4.69, 9.17) is 0 Å². The Morgan fingerprint density at radius 1 is 0.950 bits per heavy atom. The van der Waals surface area contributed by atoms with Crippen molar-refractivity contribution in [2.75, 3.05) is 0 Å². The second kappa shape index (κ2) is 4.72. The highest BCUT2D eigenvalue weighted by molar-refractivity contribution is 5.83. The van der Waals surface area contributed by atoms with Crippen molar-refractivity contribution < 1.29 is 9.90 Å². The molecule has 4 bridgehead atoms. The number of carbonyl (C=O) groups is 1. The van der Waals surface area contributed by atoms with E-state index in [1.54, 1.807) is 0 Å². The monoisotopic (exact) mass is 277 g/mol. The highest BCUT2D eigenvalue weighted by Gasteiger charge is 2.54. The predicted octanol–water partition coefficient (Wildman–Crippen LogP) is 2.62. The lowest BCUT2D eigenvalue weighted by molar-refractivity contribution is -0.148. The molecule has 20 heavy (non-hydrogen) atoms. The van der Waals surface area contributed by atoms with Crippen LogP contribution in [-0.2, 0) is 4.79 Å². The minimum Gasteiger partial charge on any atom is -0.391 e. The van der Waals surface area contributed by atoms with Crippen LogP contribution in [0.1, 0.15) is 64.2 Å². The molecule has 0 spiro atoms. The Bertz CT molecular complexity index is 371. The fourth-order valence-electron chi connectivity index (χ4n) is 5.99. The number of nitrogens with one attached hydrogen (secondary N) is 1. The van der Waals surface area contributed by atoms with Gasteiger partial charge in [-0.15, -0.1) is 0 Å². The fourth-order valence-corrected chi connectivity index (χ4v) is 5.99. The lowest BCUT2D eigenvalue weighted by Crippen LogP contribution is -2.57. The van der Waals surface area contributed by atoms with Crippen molar-refractivity contribution in [3.63, 3.8) is 0 Å². The molecule has 5 saturated carbocycles. The van der Waals surface area contributed by atoms with Crippen molar-refractivity contribution in [3.8, 4) is 0 Å². The molecule has 1 amide bonds. The summed E-state index contributed by atoms with van der Waals surface area (Å²) < 4.78 is 0. The van der Waals surface area contributed by atoms with E-state index in [0.717, 1.165) is 62.7 Å². The number of hydrogen-bond acceptors (Lipinski definition) is 2. The molecule has 5 aliphatic carbocycles. The number of aliphatic hydroxyl groups is 1. The van der Waals surface area contributed by atoms with Crippen LogP contribution in [-0.4, -0.2) is 23.2 Å². The summed E-state index contributed by atoms with van der Waals surface area (Å²) in [4.78, 5) is 12.9. The maximum Gasteiger partial charge on any atom is 0.226 e. The average molecular weight is 277 g/mol. The number of carbonyl (C=O) groups excluding carboxylic acids is 1. The summed E-state index contributed by atoms with van der Waals surface area (Å²) in [5.41, 5.74) is -0.0636. The third kappa shape index (κ3) is 2.09. The third-order valence-corrected chi connectivity index (χ3v) is 6.57. The van der Waals surface area contributed by atoms with E-state index < -0.39 is 0 Å². The Morgan fingerprint density at radius 3 is 2.05 bits per heavy atom. The summed E-state index contributed by atoms with van der Waals surface area (Å²) >= 11 is 0. The van der Waals surface area contributed by atoms with Gasteiger partial charge in [0.1, 0.15) is 0 Å². The third-order valence-electron chi connectivity index (χ3n) is 6.57. The lowest BCUT2D eigenvalue weighted by Gasteiger charge is -2.56. The zero-order chi connectivity index (χ0) is 13.7. The van der Waals surface area contributed by atoms with Gasteiger partial charge in [0.05, 0.1) is 12.1 Å².